The Hall–Kier alpha value is -2.59. The molecule has 0 N–H and O–H groups in total. The molecular formula is C18H15O5P. The fourth-order valence-electron chi connectivity index (χ4n) is 2.15. The average molecular weight is 342 g/mol. The Balaban J connectivity index is 1.69. The molecule has 4 rings (SSSR count). The van der Waals surface area contributed by atoms with Crippen molar-refractivity contribution < 1.29 is 22.9 Å². The summed E-state index contributed by atoms with van der Waals surface area (Å²) < 4.78 is 28.4. The molecule has 1 fully saturated rings. The molecule has 0 atom stereocenters. The zero-order chi connectivity index (χ0) is 16.3. The summed E-state index contributed by atoms with van der Waals surface area (Å²) in [5.74, 6) is 1.58. The third kappa shape index (κ3) is 3.05. The summed E-state index contributed by atoms with van der Waals surface area (Å²) in [6.07, 6.45) is 0. The van der Waals surface area contributed by atoms with Crippen LogP contribution in [0.15, 0.2) is 91.0 Å². The van der Waals surface area contributed by atoms with Gasteiger partial charge in [-0.3, -0.25) is 0 Å². The zero-order valence-electron chi connectivity index (χ0n) is 12.6. The van der Waals surface area contributed by atoms with E-state index in [9.17, 15) is 0 Å². The number of benzene rings is 3. The van der Waals surface area contributed by atoms with E-state index in [2.05, 4.69) is 0 Å². The summed E-state index contributed by atoms with van der Waals surface area (Å²) in [6.45, 7) is 0. The van der Waals surface area contributed by atoms with E-state index in [1.807, 2.05) is 54.6 Å². The fourth-order valence-corrected chi connectivity index (χ4v) is 4.17. The fraction of sp³-hybridized carbons (Fsp3) is 0. The van der Waals surface area contributed by atoms with Crippen molar-refractivity contribution in [2.45, 2.75) is 0 Å². The van der Waals surface area contributed by atoms with Gasteiger partial charge in [-0.1, -0.05) is 0 Å². The number of hydrogen-bond acceptors (Lipinski definition) is 5. The van der Waals surface area contributed by atoms with E-state index < -0.39 is 7.74 Å². The topological polar surface area (TPSA) is 52.8 Å². The molecule has 1 heterocycles. The van der Waals surface area contributed by atoms with Gasteiger partial charge in [0.2, 0.25) is 0 Å². The van der Waals surface area contributed by atoms with Crippen molar-refractivity contribution in [3.63, 3.8) is 0 Å². The molecule has 24 heavy (non-hydrogen) atoms. The third-order valence-electron chi connectivity index (χ3n) is 3.25. The van der Waals surface area contributed by atoms with Crippen LogP contribution in [0.1, 0.15) is 0 Å². The van der Waals surface area contributed by atoms with E-state index in [1.165, 1.54) is 0 Å². The van der Waals surface area contributed by atoms with E-state index in [0.29, 0.717) is 17.2 Å². The van der Waals surface area contributed by atoms with Gasteiger partial charge in [-0.15, -0.1) is 0 Å². The van der Waals surface area contributed by atoms with E-state index in [1.54, 1.807) is 36.4 Å². The normalized spacial score (nSPS) is 18.6. The van der Waals surface area contributed by atoms with Crippen LogP contribution in [0.5, 0.6) is 17.2 Å². The molecule has 0 spiro atoms. The van der Waals surface area contributed by atoms with Crippen molar-refractivity contribution in [1.82, 2.24) is 0 Å². The summed E-state index contributed by atoms with van der Waals surface area (Å²) in [6, 6.07) is 27.4. The number of hydrogen-bond donors (Lipinski definition) is 0. The van der Waals surface area contributed by atoms with Crippen molar-refractivity contribution in [3.8, 4) is 17.2 Å². The Bertz CT molecular complexity index is 698. The molecule has 0 radical (unpaired) electrons. The van der Waals surface area contributed by atoms with E-state index in [-0.39, 0.29) is 0 Å². The van der Waals surface area contributed by atoms with Crippen LogP contribution >= 0.6 is 7.74 Å². The van der Waals surface area contributed by atoms with Crippen LogP contribution in [0.4, 0.5) is 0 Å². The number of para-hydroxylation sites is 3. The molecular weight excluding hydrogens is 327 g/mol. The quantitative estimate of drug-likeness (QED) is 0.345. The molecule has 122 valence electrons. The molecule has 0 saturated carbocycles. The van der Waals surface area contributed by atoms with Crippen molar-refractivity contribution in [1.29, 1.82) is 0 Å². The molecule has 0 bridgehead atoms. The van der Waals surface area contributed by atoms with Gasteiger partial charge in [0.05, 0.1) is 0 Å². The van der Waals surface area contributed by atoms with E-state index in [4.69, 9.17) is 22.9 Å². The molecule has 0 aromatic heterocycles. The summed E-state index contributed by atoms with van der Waals surface area (Å²) in [5.41, 5.74) is 0. The second-order valence-corrected chi connectivity index (χ2v) is 7.44. The molecule has 6 heteroatoms. The van der Waals surface area contributed by atoms with Gasteiger partial charge in [-0.2, -0.15) is 0 Å². The van der Waals surface area contributed by atoms with Gasteiger partial charge in [0.1, 0.15) is 0 Å². The second kappa shape index (κ2) is 5.80. The maximum atomic E-state index is 5.95. The van der Waals surface area contributed by atoms with Crippen molar-refractivity contribution >= 4 is 7.74 Å². The number of rotatable bonds is 6. The van der Waals surface area contributed by atoms with Gasteiger partial charge in [-0.05, 0) is 0 Å². The van der Waals surface area contributed by atoms with E-state index >= 15 is 0 Å². The molecule has 1 aliphatic rings. The molecule has 1 aliphatic heterocycles. The maximum absolute atomic E-state index is 5.95. The molecule has 3 aromatic carbocycles. The Kier molecular flexibility index (Phi) is 3.62. The van der Waals surface area contributed by atoms with Crippen LogP contribution in [-0.4, -0.2) is 0 Å². The summed E-state index contributed by atoms with van der Waals surface area (Å²) >= 11 is 0. The molecule has 0 unspecified atom stereocenters. The van der Waals surface area contributed by atoms with Gasteiger partial charge in [0, 0.05) is 0 Å². The van der Waals surface area contributed by atoms with Crippen molar-refractivity contribution in [3.05, 3.63) is 91.0 Å². The van der Waals surface area contributed by atoms with Crippen LogP contribution in [0.2, 0.25) is 0 Å². The van der Waals surface area contributed by atoms with Gasteiger partial charge >= 0.3 is 139 Å². The zero-order valence-corrected chi connectivity index (χ0v) is 13.5. The predicted octanol–water partition coefficient (Wildman–Crippen LogP) is 5.31. The van der Waals surface area contributed by atoms with Crippen molar-refractivity contribution in [2.24, 2.45) is 0 Å². The van der Waals surface area contributed by atoms with Crippen molar-refractivity contribution in [2.75, 3.05) is 0 Å². The Morgan fingerprint density at radius 2 is 0.750 bits per heavy atom. The predicted molar refractivity (Wildman–Crippen MR) is 90.3 cm³/mol. The van der Waals surface area contributed by atoms with Gasteiger partial charge in [0.25, 0.3) is 0 Å². The third-order valence-corrected chi connectivity index (χ3v) is 5.29. The SMILES string of the molecule is c1ccc(OP2(Oc3ccccc3)(Oc3ccccc3)OO2)cc1. The Morgan fingerprint density at radius 1 is 0.458 bits per heavy atom. The summed E-state index contributed by atoms with van der Waals surface area (Å²) in [7, 11) is -4.21. The molecule has 3 aromatic rings. The summed E-state index contributed by atoms with van der Waals surface area (Å²) in [5, 5.41) is 0. The Morgan fingerprint density at radius 3 is 1.00 bits per heavy atom. The van der Waals surface area contributed by atoms with Gasteiger partial charge in [0.15, 0.2) is 0 Å². The standard InChI is InChI=1S/C18H15O5P/c1-4-10-16(11-5-1)19-24(22-23-24,20-17-12-6-2-7-13-17)21-18-14-8-3-9-15-18/h1-15H. The van der Waals surface area contributed by atoms with Crippen LogP contribution in [-0.2, 0) is 9.35 Å². The van der Waals surface area contributed by atoms with Crippen LogP contribution in [0.25, 0.3) is 0 Å². The monoisotopic (exact) mass is 342 g/mol. The first-order valence-corrected chi connectivity index (χ1v) is 9.25. The first kappa shape index (κ1) is 15.0. The first-order valence-electron chi connectivity index (χ1n) is 7.42. The molecule has 5 nitrogen and oxygen atoms in total. The van der Waals surface area contributed by atoms with Crippen LogP contribution in [0.3, 0.4) is 0 Å². The first-order chi connectivity index (χ1) is 11.8. The molecule has 1 saturated heterocycles. The second-order valence-electron chi connectivity index (χ2n) is 5.11. The minimum absolute atomic E-state index is 0.527. The summed E-state index contributed by atoms with van der Waals surface area (Å²) in [4.78, 5) is 0. The van der Waals surface area contributed by atoms with Crippen LogP contribution < -0.4 is 13.6 Å². The Labute approximate surface area is 139 Å². The minimum atomic E-state index is -4.21. The van der Waals surface area contributed by atoms with Gasteiger partial charge < -0.3 is 0 Å². The molecule has 0 aliphatic carbocycles. The van der Waals surface area contributed by atoms with Gasteiger partial charge in [-0.25, -0.2) is 0 Å². The average Bonchev–Trinajstić information content (AvgIpc) is 3.31. The van der Waals surface area contributed by atoms with Crippen LogP contribution in [0, 0.1) is 0 Å². The molecule has 0 amide bonds. The van der Waals surface area contributed by atoms with E-state index in [0.717, 1.165) is 0 Å².